The summed E-state index contributed by atoms with van der Waals surface area (Å²) < 4.78 is 16.5. The molecule has 1 atom stereocenters. The maximum Gasteiger partial charge on any atom is 0.0704 e. The van der Waals surface area contributed by atoms with Crippen molar-refractivity contribution in [3.63, 3.8) is 0 Å². The van der Waals surface area contributed by atoms with Gasteiger partial charge >= 0.3 is 0 Å². The molecule has 0 spiro atoms. The van der Waals surface area contributed by atoms with Crippen molar-refractivity contribution in [2.75, 3.05) is 39.6 Å². The zero-order valence-electron chi connectivity index (χ0n) is 13.8. The summed E-state index contributed by atoms with van der Waals surface area (Å²) in [6.45, 7) is 11.8. The molecule has 1 unspecified atom stereocenters. The van der Waals surface area contributed by atoms with Crippen molar-refractivity contribution in [1.29, 1.82) is 0 Å². The molecular weight excluding hydrogens is 256 g/mol. The van der Waals surface area contributed by atoms with Gasteiger partial charge in [-0.3, -0.25) is 0 Å². The lowest BCUT2D eigenvalue weighted by Crippen LogP contribution is -2.23. The molecular formula is C16H34O4. The first-order valence-electron chi connectivity index (χ1n) is 7.87. The van der Waals surface area contributed by atoms with Crippen molar-refractivity contribution < 1.29 is 19.3 Å². The molecule has 0 aromatic heterocycles. The van der Waals surface area contributed by atoms with Crippen LogP contribution in [0.4, 0.5) is 0 Å². The average Bonchev–Trinajstić information content (AvgIpc) is 2.37. The van der Waals surface area contributed by atoms with E-state index in [2.05, 4.69) is 27.7 Å². The first kappa shape index (κ1) is 19.8. The van der Waals surface area contributed by atoms with E-state index in [4.69, 9.17) is 19.3 Å². The first-order valence-corrected chi connectivity index (χ1v) is 7.87. The van der Waals surface area contributed by atoms with Gasteiger partial charge in [0.05, 0.1) is 45.7 Å². The standard InChI is InChI=1S/C16H34O4/c1-5-6-7-15(14-16(2,3)4)20-13-12-19-11-10-18-9-8-17/h15,17H,5-14H2,1-4H3. The fourth-order valence-corrected chi connectivity index (χ4v) is 2.02. The van der Waals surface area contributed by atoms with E-state index in [1.165, 1.54) is 12.8 Å². The molecule has 0 rings (SSSR count). The second kappa shape index (κ2) is 12.6. The van der Waals surface area contributed by atoms with Crippen molar-refractivity contribution in [2.45, 2.75) is 59.5 Å². The van der Waals surface area contributed by atoms with Crippen LogP contribution >= 0.6 is 0 Å². The maximum atomic E-state index is 8.55. The smallest absolute Gasteiger partial charge is 0.0704 e. The lowest BCUT2D eigenvalue weighted by Gasteiger charge is -2.26. The molecule has 0 aliphatic carbocycles. The number of aliphatic hydroxyl groups excluding tert-OH is 1. The van der Waals surface area contributed by atoms with Crippen LogP contribution in [0.3, 0.4) is 0 Å². The topological polar surface area (TPSA) is 47.9 Å². The Bertz CT molecular complexity index is 201. The van der Waals surface area contributed by atoms with E-state index in [1.807, 2.05) is 0 Å². The Labute approximate surface area is 124 Å². The molecule has 0 amide bonds. The molecule has 0 aromatic carbocycles. The molecule has 0 saturated carbocycles. The Morgan fingerprint density at radius 3 is 2.10 bits per heavy atom. The molecule has 0 saturated heterocycles. The first-order chi connectivity index (χ1) is 9.49. The summed E-state index contributed by atoms with van der Waals surface area (Å²) in [7, 11) is 0. The number of rotatable bonds is 13. The highest BCUT2D eigenvalue weighted by molar-refractivity contribution is 4.69. The highest BCUT2D eigenvalue weighted by Crippen LogP contribution is 2.24. The van der Waals surface area contributed by atoms with Crippen LogP contribution < -0.4 is 0 Å². The van der Waals surface area contributed by atoms with Crippen LogP contribution in [-0.2, 0) is 14.2 Å². The van der Waals surface area contributed by atoms with Crippen molar-refractivity contribution in [2.24, 2.45) is 5.41 Å². The fraction of sp³-hybridized carbons (Fsp3) is 1.00. The summed E-state index contributed by atoms with van der Waals surface area (Å²) in [5.41, 5.74) is 0.303. The summed E-state index contributed by atoms with van der Waals surface area (Å²) in [5.74, 6) is 0. The molecule has 4 heteroatoms. The molecule has 4 nitrogen and oxygen atoms in total. The number of hydrogen-bond acceptors (Lipinski definition) is 4. The zero-order valence-corrected chi connectivity index (χ0v) is 13.8. The molecule has 0 aliphatic rings. The lowest BCUT2D eigenvalue weighted by atomic mass is 9.87. The van der Waals surface area contributed by atoms with Crippen LogP contribution in [0.2, 0.25) is 0 Å². The van der Waals surface area contributed by atoms with Gasteiger partial charge in [-0.15, -0.1) is 0 Å². The van der Waals surface area contributed by atoms with Crippen LogP contribution in [0.15, 0.2) is 0 Å². The van der Waals surface area contributed by atoms with E-state index in [0.29, 0.717) is 44.6 Å². The van der Waals surface area contributed by atoms with E-state index >= 15 is 0 Å². The highest BCUT2D eigenvalue weighted by Gasteiger charge is 2.18. The van der Waals surface area contributed by atoms with E-state index in [9.17, 15) is 0 Å². The Hall–Kier alpha value is -0.160. The van der Waals surface area contributed by atoms with Crippen molar-refractivity contribution in [3.05, 3.63) is 0 Å². The zero-order chi connectivity index (χ0) is 15.3. The molecule has 0 radical (unpaired) electrons. The Balaban J connectivity index is 3.63. The number of ether oxygens (including phenoxy) is 3. The largest absolute Gasteiger partial charge is 0.394 e. The molecule has 122 valence electrons. The van der Waals surface area contributed by atoms with Crippen LogP contribution in [0.5, 0.6) is 0 Å². The molecule has 0 aliphatic heterocycles. The quantitative estimate of drug-likeness (QED) is 0.530. The van der Waals surface area contributed by atoms with E-state index in [-0.39, 0.29) is 6.61 Å². The van der Waals surface area contributed by atoms with Gasteiger partial charge in [0.15, 0.2) is 0 Å². The second-order valence-corrected chi connectivity index (χ2v) is 6.35. The maximum absolute atomic E-state index is 8.55. The minimum atomic E-state index is 0.0645. The summed E-state index contributed by atoms with van der Waals surface area (Å²) in [6, 6.07) is 0. The Morgan fingerprint density at radius 1 is 0.950 bits per heavy atom. The third kappa shape index (κ3) is 14.3. The van der Waals surface area contributed by atoms with Gasteiger partial charge in [0.2, 0.25) is 0 Å². The lowest BCUT2D eigenvalue weighted by molar-refractivity contribution is -0.0279. The van der Waals surface area contributed by atoms with Gasteiger partial charge in [0, 0.05) is 0 Å². The molecule has 20 heavy (non-hydrogen) atoms. The van der Waals surface area contributed by atoms with Crippen LogP contribution in [0, 0.1) is 5.41 Å². The number of unbranched alkanes of at least 4 members (excludes halogenated alkanes) is 1. The molecule has 1 N–H and O–H groups in total. The molecule has 0 heterocycles. The third-order valence-corrected chi connectivity index (χ3v) is 2.91. The predicted molar refractivity (Wildman–Crippen MR) is 82.1 cm³/mol. The van der Waals surface area contributed by atoms with E-state index < -0.39 is 0 Å². The van der Waals surface area contributed by atoms with Crippen molar-refractivity contribution >= 4 is 0 Å². The average molecular weight is 290 g/mol. The SMILES string of the molecule is CCCCC(CC(C)(C)C)OCCOCCOCCO. The highest BCUT2D eigenvalue weighted by atomic mass is 16.5. The second-order valence-electron chi connectivity index (χ2n) is 6.35. The van der Waals surface area contributed by atoms with Crippen LogP contribution in [0.25, 0.3) is 0 Å². The Morgan fingerprint density at radius 2 is 1.55 bits per heavy atom. The summed E-state index contributed by atoms with van der Waals surface area (Å²) in [5, 5.41) is 8.55. The van der Waals surface area contributed by atoms with Gasteiger partial charge in [-0.1, -0.05) is 40.5 Å². The minimum absolute atomic E-state index is 0.0645. The minimum Gasteiger partial charge on any atom is -0.394 e. The van der Waals surface area contributed by atoms with E-state index in [1.54, 1.807) is 0 Å². The van der Waals surface area contributed by atoms with Gasteiger partial charge in [-0.2, -0.15) is 0 Å². The monoisotopic (exact) mass is 290 g/mol. The van der Waals surface area contributed by atoms with Gasteiger partial charge in [0.25, 0.3) is 0 Å². The van der Waals surface area contributed by atoms with Crippen molar-refractivity contribution in [3.8, 4) is 0 Å². The molecule has 0 bridgehead atoms. The molecule has 0 fully saturated rings. The molecule has 0 aromatic rings. The van der Waals surface area contributed by atoms with Gasteiger partial charge in [0.1, 0.15) is 0 Å². The fourth-order valence-electron chi connectivity index (χ4n) is 2.02. The van der Waals surface area contributed by atoms with Gasteiger partial charge < -0.3 is 19.3 Å². The van der Waals surface area contributed by atoms with Gasteiger partial charge in [-0.05, 0) is 18.3 Å². The predicted octanol–water partition coefficient (Wildman–Crippen LogP) is 3.02. The Kier molecular flexibility index (Phi) is 12.5. The third-order valence-electron chi connectivity index (χ3n) is 2.91. The van der Waals surface area contributed by atoms with E-state index in [0.717, 1.165) is 12.8 Å². The summed E-state index contributed by atoms with van der Waals surface area (Å²) in [6.07, 6.45) is 4.99. The number of hydrogen-bond donors (Lipinski definition) is 1. The summed E-state index contributed by atoms with van der Waals surface area (Å²) in [4.78, 5) is 0. The van der Waals surface area contributed by atoms with Crippen LogP contribution in [-0.4, -0.2) is 50.9 Å². The summed E-state index contributed by atoms with van der Waals surface area (Å²) >= 11 is 0. The van der Waals surface area contributed by atoms with Crippen molar-refractivity contribution in [1.82, 2.24) is 0 Å². The normalized spacial score (nSPS) is 13.7. The number of aliphatic hydroxyl groups is 1. The van der Waals surface area contributed by atoms with Gasteiger partial charge in [-0.25, -0.2) is 0 Å². The van der Waals surface area contributed by atoms with Crippen LogP contribution in [0.1, 0.15) is 53.4 Å².